The lowest BCUT2D eigenvalue weighted by Gasteiger charge is -2.24. The first-order chi connectivity index (χ1) is 34.1. The van der Waals surface area contributed by atoms with Crippen molar-refractivity contribution >= 4 is 17.9 Å². The summed E-state index contributed by atoms with van der Waals surface area (Å²) in [6, 6.07) is 12.7. The summed E-state index contributed by atoms with van der Waals surface area (Å²) in [5, 5.41) is 0. The molecule has 0 aliphatic rings. The maximum Gasteiger partial charge on any atom is 0.314 e. The van der Waals surface area contributed by atoms with E-state index in [0.717, 1.165) is 36.8 Å². The third-order valence-corrected chi connectivity index (χ3v) is 8.76. The second-order valence-corrected chi connectivity index (χ2v) is 16.5. The van der Waals surface area contributed by atoms with Crippen LogP contribution in [0.2, 0.25) is 0 Å². The number of benzene rings is 3. The van der Waals surface area contributed by atoms with E-state index in [4.69, 9.17) is 42.6 Å². The molecule has 0 aliphatic heterocycles. The number of esters is 3. The quantitative estimate of drug-likeness (QED) is 0.0998. The summed E-state index contributed by atoms with van der Waals surface area (Å²) in [5.41, 5.74) is 1.66. The van der Waals surface area contributed by atoms with Gasteiger partial charge in [-0.05, 0) is 101 Å². The van der Waals surface area contributed by atoms with Crippen molar-refractivity contribution in [3.05, 3.63) is 53.6 Å². The highest BCUT2D eigenvalue weighted by Crippen LogP contribution is 2.41. The van der Waals surface area contributed by atoms with E-state index in [1.807, 2.05) is 142 Å². The summed E-state index contributed by atoms with van der Waals surface area (Å²) in [6.07, 6.45) is 6.79. The van der Waals surface area contributed by atoms with Crippen molar-refractivity contribution in [2.45, 2.75) is 210 Å². The summed E-state index contributed by atoms with van der Waals surface area (Å²) in [5.74, 6) is 2.78. The second-order valence-electron chi connectivity index (χ2n) is 16.5. The molecule has 12 nitrogen and oxygen atoms in total. The predicted octanol–water partition coefficient (Wildman–Crippen LogP) is 17.3. The maximum absolute atomic E-state index is 12.0. The van der Waals surface area contributed by atoms with E-state index in [-0.39, 0.29) is 41.3 Å². The van der Waals surface area contributed by atoms with Gasteiger partial charge in [-0.25, -0.2) is 0 Å². The first kappa shape index (κ1) is 78.3. The predicted molar refractivity (Wildman–Crippen MR) is 304 cm³/mol. The number of hydrogen-bond donors (Lipinski definition) is 0. The molecule has 0 aliphatic carbocycles. The van der Waals surface area contributed by atoms with Gasteiger partial charge in [0.15, 0.2) is 34.5 Å². The zero-order valence-corrected chi connectivity index (χ0v) is 51.1. The van der Waals surface area contributed by atoms with Gasteiger partial charge >= 0.3 is 17.9 Å². The Morgan fingerprint density at radius 1 is 0.444 bits per heavy atom. The first-order valence-electron chi connectivity index (χ1n) is 26.6. The van der Waals surface area contributed by atoms with E-state index in [0.29, 0.717) is 51.7 Å². The minimum Gasteiger partial charge on any atom is -0.493 e. The molecule has 0 spiro atoms. The monoisotopic (exact) mass is 1020 g/mol. The molecule has 0 amide bonds. The van der Waals surface area contributed by atoms with Gasteiger partial charge in [0, 0.05) is 0 Å². The SMILES string of the molecule is CC.CC.CC.CCC.CCC.CCC.CCC(C)C(=O)Oc1c(OC)cc(C)cc1OC.CCC(C)C(=O)Oc1c(OC)cccc1OC(C)(C)C.CCc1cc(OC)c(OC(=O)C(C)CC)c(OC)c1. The number of rotatable bonds is 16. The molecule has 0 fully saturated rings. The van der Waals surface area contributed by atoms with Crippen molar-refractivity contribution < 1.29 is 57.0 Å². The fourth-order valence-electron chi connectivity index (χ4n) is 4.62. The van der Waals surface area contributed by atoms with Crippen LogP contribution in [-0.4, -0.2) is 59.1 Å². The Labute approximate surface area is 441 Å². The minimum absolute atomic E-state index is 0.152. The van der Waals surface area contributed by atoms with E-state index in [9.17, 15) is 14.4 Å². The topological polar surface area (TPSA) is 134 Å². The highest BCUT2D eigenvalue weighted by Gasteiger charge is 2.24. The van der Waals surface area contributed by atoms with Crippen LogP contribution in [0.3, 0.4) is 0 Å². The number of methoxy groups -OCH3 is 5. The Bertz CT molecular complexity index is 1730. The maximum atomic E-state index is 12.0. The Hall–Kier alpha value is -5.13. The fourth-order valence-corrected chi connectivity index (χ4v) is 4.62. The molecule has 0 bridgehead atoms. The zero-order valence-electron chi connectivity index (χ0n) is 51.1. The molecule has 3 rings (SSSR count). The number of para-hydroxylation sites is 1. The molecule has 3 aromatic carbocycles. The van der Waals surface area contributed by atoms with Crippen molar-refractivity contribution in [1.29, 1.82) is 0 Å². The van der Waals surface area contributed by atoms with Crippen molar-refractivity contribution in [2.75, 3.05) is 35.5 Å². The smallest absolute Gasteiger partial charge is 0.314 e. The summed E-state index contributed by atoms with van der Waals surface area (Å²) in [6.45, 7) is 45.9. The van der Waals surface area contributed by atoms with Crippen molar-refractivity contribution in [2.24, 2.45) is 17.8 Å². The van der Waals surface area contributed by atoms with Crippen LogP contribution in [0.4, 0.5) is 0 Å². The molecule has 72 heavy (non-hydrogen) atoms. The van der Waals surface area contributed by atoms with E-state index < -0.39 is 0 Å². The largest absolute Gasteiger partial charge is 0.493 e. The van der Waals surface area contributed by atoms with Crippen LogP contribution in [0.15, 0.2) is 42.5 Å². The number of carbonyl (C=O) groups is 3. The molecular weight excluding hydrogens is 913 g/mol. The van der Waals surface area contributed by atoms with Gasteiger partial charge in [0.1, 0.15) is 5.60 Å². The second kappa shape index (κ2) is 49.4. The van der Waals surface area contributed by atoms with Crippen LogP contribution >= 0.6 is 0 Å². The average molecular weight is 1020 g/mol. The Morgan fingerprint density at radius 2 is 0.694 bits per heavy atom. The van der Waals surface area contributed by atoms with Crippen molar-refractivity contribution in [3.8, 4) is 51.7 Å². The number of ether oxygens (including phenoxy) is 9. The van der Waals surface area contributed by atoms with Gasteiger partial charge in [0.05, 0.1) is 53.3 Å². The summed E-state index contributed by atoms with van der Waals surface area (Å²) in [4.78, 5) is 35.7. The molecule has 12 heteroatoms. The average Bonchev–Trinajstić information content (AvgIpc) is 3.38. The summed E-state index contributed by atoms with van der Waals surface area (Å²) in [7, 11) is 7.71. The van der Waals surface area contributed by atoms with Crippen molar-refractivity contribution in [3.63, 3.8) is 0 Å². The van der Waals surface area contributed by atoms with Gasteiger partial charge in [-0.15, -0.1) is 0 Å². The molecule has 3 aromatic rings. The summed E-state index contributed by atoms with van der Waals surface area (Å²) >= 11 is 0. The zero-order chi connectivity index (χ0) is 57.6. The molecule has 3 unspecified atom stereocenters. The molecule has 0 N–H and O–H groups in total. The lowest BCUT2D eigenvalue weighted by atomic mass is 10.1. The van der Waals surface area contributed by atoms with Gasteiger partial charge in [-0.3, -0.25) is 14.4 Å². The van der Waals surface area contributed by atoms with E-state index >= 15 is 0 Å². The standard InChI is InChI=1S/C16H24O4.C15H22O4.C14H20O4.3C3H8.3C2H6/c1-7-11(2)15(17)19-14-12(18-6)9-8-10-13(14)20-16(3,4)5;1-6-10(3)15(16)19-14-12(17-4)8-11(7-2)9-13(14)18-5;1-6-10(3)14(15)18-13-11(16-4)7-9(2)8-12(13)17-5;3*1-3-2;3*1-2/h8-11H,7H2,1-6H3;8-10H,6-7H2,1-5H3;7-8,10H,6H2,1-5H3;3*3H2,1-2H3;3*1-2H3. The van der Waals surface area contributed by atoms with Crippen LogP contribution in [0.5, 0.6) is 51.7 Å². The van der Waals surface area contributed by atoms with Gasteiger partial charge in [0.25, 0.3) is 0 Å². The number of aryl methyl sites for hydroxylation is 2. The Kier molecular flexibility index (Phi) is 53.8. The van der Waals surface area contributed by atoms with Crippen LogP contribution in [0.1, 0.15) is 202 Å². The van der Waals surface area contributed by atoms with Gasteiger partial charge in [-0.2, -0.15) is 0 Å². The highest BCUT2D eigenvalue weighted by atomic mass is 16.6. The molecule has 0 saturated carbocycles. The van der Waals surface area contributed by atoms with Crippen LogP contribution in [0, 0.1) is 24.7 Å². The Balaban J connectivity index is -0.000000199. The van der Waals surface area contributed by atoms with Crippen molar-refractivity contribution in [1.82, 2.24) is 0 Å². The minimum atomic E-state index is -0.385. The molecule has 0 heterocycles. The van der Waals surface area contributed by atoms with E-state index in [2.05, 4.69) is 41.5 Å². The van der Waals surface area contributed by atoms with Crippen LogP contribution in [-0.2, 0) is 20.8 Å². The molecule has 3 atom stereocenters. The molecule has 0 radical (unpaired) electrons. The normalized spacial score (nSPS) is 10.6. The van der Waals surface area contributed by atoms with Gasteiger partial charge in [-0.1, -0.05) is 157 Å². The Morgan fingerprint density at radius 3 is 0.931 bits per heavy atom. The van der Waals surface area contributed by atoms with E-state index in [1.54, 1.807) is 32.4 Å². The molecule has 0 aromatic heterocycles. The fraction of sp³-hybridized carbons (Fsp3) is 0.650. The van der Waals surface area contributed by atoms with Crippen LogP contribution in [0.25, 0.3) is 0 Å². The van der Waals surface area contributed by atoms with Crippen LogP contribution < -0.4 is 42.6 Å². The third kappa shape index (κ3) is 34.3. The molecule has 420 valence electrons. The molecule has 0 saturated heterocycles. The molecular formula is C60H108O12. The first-order valence-corrected chi connectivity index (χ1v) is 26.6. The van der Waals surface area contributed by atoms with Gasteiger partial charge < -0.3 is 42.6 Å². The highest BCUT2D eigenvalue weighted by molar-refractivity contribution is 5.78. The van der Waals surface area contributed by atoms with E-state index in [1.165, 1.54) is 40.6 Å². The number of hydrogen-bond acceptors (Lipinski definition) is 12. The number of carbonyl (C=O) groups excluding carboxylic acids is 3. The lowest BCUT2D eigenvalue weighted by Crippen LogP contribution is -2.24. The third-order valence-electron chi connectivity index (χ3n) is 8.76. The lowest BCUT2D eigenvalue weighted by molar-refractivity contribution is -0.139. The van der Waals surface area contributed by atoms with Gasteiger partial charge in [0.2, 0.25) is 17.2 Å². The summed E-state index contributed by atoms with van der Waals surface area (Å²) < 4.78 is 48.4.